The van der Waals surface area contributed by atoms with Gasteiger partial charge < -0.3 is 0 Å². The van der Waals surface area contributed by atoms with Crippen molar-refractivity contribution < 1.29 is 3.07 Å². The van der Waals surface area contributed by atoms with E-state index in [0.29, 0.717) is 22.2 Å². The molecular weight excluding hydrogens is 359 g/mol. The van der Waals surface area contributed by atoms with Gasteiger partial charge >= 0.3 is 0 Å². The second-order valence-electron chi connectivity index (χ2n) is 9.22. The lowest BCUT2D eigenvalue weighted by Gasteiger charge is -2.60. The van der Waals surface area contributed by atoms with Crippen molar-refractivity contribution in [2.75, 3.05) is 4.43 Å². The van der Waals surface area contributed by atoms with E-state index in [1.807, 2.05) is 0 Å². The van der Waals surface area contributed by atoms with Gasteiger partial charge in [-0.2, -0.15) is 0 Å². The highest BCUT2D eigenvalue weighted by atomic mass is 127. The van der Waals surface area contributed by atoms with Gasteiger partial charge in [-0.15, -0.1) is 0 Å². The van der Waals surface area contributed by atoms with Crippen LogP contribution in [0.3, 0.4) is 0 Å². The number of halogens is 1. The first-order chi connectivity index (χ1) is 9.26. The molecule has 5 atom stereocenters. The third kappa shape index (κ3) is 1.85. The van der Waals surface area contributed by atoms with E-state index in [0.717, 1.165) is 22.2 Å². The summed E-state index contributed by atoms with van der Waals surface area (Å²) in [5.41, 5.74) is 1.62. The average molecular weight is 390 g/mol. The lowest BCUT2D eigenvalue weighted by molar-refractivity contribution is -0.111. The minimum absolute atomic E-state index is 0.510. The highest BCUT2D eigenvalue weighted by Crippen LogP contribution is 2.77. The summed E-state index contributed by atoms with van der Waals surface area (Å²) < 4.78 is 12.2. The van der Waals surface area contributed by atoms with E-state index < -0.39 is 21.2 Å². The molecule has 0 saturated heterocycles. The molecule has 20 heavy (non-hydrogen) atoms. The molecule has 3 aliphatic carbocycles. The Labute approximate surface area is 135 Å². The first-order valence-corrected chi connectivity index (χ1v) is 10.9. The molecule has 3 fully saturated rings. The van der Waals surface area contributed by atoms with Crippen molar-refractivity contribution in [3.63, 3.8) is 0 Å². The molecule has 0 radical (unpaired) electrons. The molecule has 0 aromatic carbocycles. The predicted molar refractivity (Wildman–Crippen MR) is 92.3 cm³/mol. The van der Waals surface area contributed by atoms with Gasteiger partial charge in [0.05, 0.1) is 0 Å². The average Bonchev–Trinajstić information content (AvgIpc) is 2.87. The molecule has 2 bridgehead atoms. The van der Waals surface area contributed by atoms with Crippen LogP contribution in [0.5, 0.6) is 0 Å². The van der Waals surface area contributed by atoms with Gasteiger partial charge in [0.2, 0.25) is 0 Å². The summed E-state index contributed by atoms with van der Waals surface area (Å²) in [6.45, 7) is 12.6. The van der Waals surface area contributed by atoms with E-state index in [9.17, 15) is 3.07 Å². The van der Waals surface area contributed by atoms with Crippen molar-refractivity contribution in [2.24, 2.45) is 39.9 Å². The number of fused-ring (bicyclic) bond motifs is 1. The molecule has 0 aromatic rings. The predicted octanol–water partition coefficient (Wildman–Crippen LogP) is 5.82. The van der Waals surface area contributed by atoms with Crippen molar-refractivity contribution >= 4 is 21.2 Å². The summed E-state index contributed by atoms with van der Waals surface area (Å²) in [4.78, 5) is 0. The van der Waals surface area contributed by atoms with Crippen LogP contribution in [0.25, 0.3) is 0 Å². The molecular formula is C18H31IO. The monoisotopic (exact) mass is 390 g/mol. The molecule has 3 saturated carbocycles. The van der Waals surface area contributed by atoms with Gasteiger partial charge in [0.25, 0.3) is 0 Å². The van der Waals surface area contributed by atoms with Crippen LogP contribution >= 0.6 is 21.2 Å². The first-order valence-electron chi connectivity index (χ1n) is 8.48. The zero-order valence-electron chi connectivity index (χ0n) is 13.8. The van der Waals surface area contributed by atoms with E-state index in [-0.39, 0.29) is 0 Å². The lowest BCUT2D eigenvalue weighted by atomic mass is 9.45. The summed E-state index contributed by atoms with van der Waals surface area (Å²) in [6.07, 6.45) is 7.17. The van der Waals surface area contributed by atoms with Gasteiger partial charge in [0, 0.05) is 4.43 Å². The van der Waals surface area contributed by atoms with Gasteiger partial charge in [0.1, 0.15) is 21.2 Å². The van der Waals surface area contributed by atoms with E-state index in [1.165, 1.54) is 32.1 Å². The van der Waals surface area contributed by atoms with Gasteiger partial charge in [0.15, 0.2) is 0 Å². The Morgan fingerprint density at radius 3 is 2.50 bits per heavy atom. The fraction of sp³-hybridized carbons (Fsp3) is 1.00. The highest BCUT2D eigenvalue weighted by Gasteiger charge is 2.69. The molecule has 1 nitrogen and oxygen atoms in total. The van der Waals surface area contributed by atoms with Crippen LogP contribution in [0.2, 0.25) is 0 Å². The summed E-state index contributed by atoms with van der Waals surface area (Å²) >= 11 is -0.795. The number of hydrogen-bond donors (Lipinski definition) is 0. The zero-order valence-corrected chi connectivity index (χ0v) is 16.0. The lowest BCUT2D eigenvalue weighted by Crippen LogP contribution is -2.53. The topological polar surface area (TPSA) is 17.1 Å². The minimum atomic E-state index is -0.795. The normalized spacial score (nSPS) is 46.1. The Hall–Kier alpha value is 0.530. The van der Waals surface area contributed by atoms with E-state index >= 15 is 0 Å². The summed E-state index contributed by atoms with van der Waals surface area (Å²) in [6, 6.07) is 0. The Bertz CT molecular complexity index is 414. The molecule has 0 aliphatic heterocycles. The smallest absolute Gasteiger partial charge is 0.144 e. The molecule has 3 rings (SSSR count). The number of hydrogen-bond acceptors (Lipinski definition) is 1. The Kier molecular flexibility index (Phi) is 3.67. The van der Waals surface area contributed by atoms with Crippen LogP contribution in [-0.2, 0) is 3.07 Å². The quantitative estimate of drug-likeness (QED) is 0.439. The molecule has 0 N–H and O–H groups in total. The maximum absolute atomic E-state index is 11.2. The summed E-state index contributed by atoms with van der Waals surface area (Å²) in [5.74, 6) is 3.33. The standard InChI is InChI=1S/C18H31IO/c1-12(11-19-20)14-7-8-16(2,3)18-9-6-13(10-18)17(4,5)15(14)18/h12-15H,6-11H2,1-5H3/t12?,13-,14?,15?,18-/m0/s1. The Morgan fingerprint density at radius 2 is 1.85 bits per heavy atom. The zero-order chi connectivity index (χ0) is 14.8. The van der Waals surface area contributed by atoms with Crippen LogP contribution in [0.1, 0.15) is 66.7 Å². The molecule has 0 aromatic heterocycles. The van der Waals surface area contributed by atoms with Crippen LogP contribution in [-0.4, -0.2) is 4.43 Å². The van der Waals surface area contributed by atoms with Crippen LogP contribution in [0.4, 0.5) is 0 Å². The molecule has 0 amide bonds. The van der Waals surface area contributed by atoms with Gasteiger partial charge in [-0.05, 0) is 72.0 Å². The van der Waals surface area contributed by atoms with Crippen molar-refractivity contribution in [2.45, 2.75) is 66.7 Å². The highest BCUT2D eigenvalue weighted by molar-refractivity contribution is 14.1. The fourth-order valence-electron chi connectivity index (χ4n) is 6.73. The maximum atomic E-state index is 11.2. The van der Waals surface area contributed by atoms with E-state index in [1.54, 1.807) is 0 Å². The Balaban J connectivity index is 2.01. The molecule has 1 spiro atoms. The van der Waals surface area contributed by atoms with Crippen molar-refractivity contribution in [3.8, 4) is 0 Å². The van der Waals surface area contributed by atoms with Crippen LogP contribution in [0.15, 0.2) is 0 Å². The molecule has 3 unspecified atom stereocenters. The number of rotatable bonds is 3. The molecule has 2 heteroatoms. The van der Waals surface area contributed by atoms with E-state index in [2.05, 4.69) is 34.6 Å². The third-order valence-corrected chi connectivity index (χ3v) is 9.66. The van der Waals surface area contributed by atoms with E-state index in [4.69, 9.17) is 0 Å². The van der Waals surface area contributed by atoms with Crippen molar-refractivity contribution in [3.05, 3.63) is 0 Å². The third-order valence-electron chi connectivity index (χ3n) is 7.91. The fourth-order valence-corrected chi connectivity index (χ4v) is 7.95. The molecule has 3 aliphatic rings. The summed E-state index contributed by atoms with van der Waals surface area (Å²) in [7, 11) is 0. The maximum Gasteiger partial charge on any atom is 0.144 e. The summed E-state index contributed by atoms with van der Waals surface area (Å²) in [5, 5.41) is 0. The van der Waals surface area contributed by atoms with Crippen molar-refractivity contribution in [1.29, 1.82) is 0 Å². The van der Waals surface area contributed by atoms with Gasteiger partial charge in [-0.25, -0.2) is 0 Å². The SMILES string of the molecule is CC(CI=O)C1CCC(C)(C)[C@@]23CC[C@@H](C2)C(C)(C)C13. The Morgan fingerprint density at radius 1 is 1.15 bits per heavy atom. The molecule has 116 valence electrons. The van der Waals surface area contributed by atoms with Crippen molar-refractivity contribution in [1.82, 2.24) is 0 Å². The van der Waals surface area contributed by atoms with Crippen LogP contribution in [0, 0.1) is 39.9 Å². The number of alkyl halides is 1. The second kappa shape index (κ2) is 4.76. The van der Waals surface area contributed by atoms with Gasteiger partial charge in [-0.3, -0.25) is 3.07 Å². The second-order valence-corrected chi connectivity index (χ2v) is 10.7. The minimum Gasteiger partial charge on any atom is -0.270 e. The van der Waals surface area contributed by atoms with Crippen LogP contribution < -0.4 is 0 Å². The molecule has 0 heterocycles. The van der Waals surface area contributed by atoms with Gasteiger partial charge in [-0.1, -0.05) is 34.6 Å². The first kappa shape index (κ1) is 15.4. The largest absolute Gasteiger partial charge is 0.270 e.